The van der Waals surface area contributed by atoms with Gasteiger partial charge in [-0.3, -0.25) is 9.89 Å². The van der Waals surface area contributed by atoms with Crippen molar-refractivity contribution >= 4 is 5.97 Å². The Hall–Kier alpha value is -3.66. The van der Waals surface area contributed by atoms with Crippen molar-refractivity contribution in [2.45, 2.75) is 11.8 Å². The van der Waals surface area contributed by atoms with Crippen molar-refractivity contribution in [2.75, 3.05) is 0 Å². The summed E-state index contributed by atoms with van der Waals surface area (Å²) in [6, 6.07) is 30.4. The maximum atomic E-state index is 11.5. The number of nitrogens with one attached hydrogen (secondary N) is 1. The fraction of sp³-hybridized carbons (Fsp3) is 0.0833. The van der Waals surface area contributed by atoms with Crippen LogP contribution >= 0.6 is 0 Å². The number of hydrogen-bond donors (Lipinski definition) is 2. The number of rotatable bonds is 6. The van der Waals surface area contributed by atoms with Crippen LogP contribution in [0.25, 0.3) is 0 Å². The predicted octanol–water partition coefficient (Wildman–Crippen LogP) is 4.42. The second-order valence-corrected chi connectivity index (χ2v) is 6.69. The van der Waals surface area contributed by atoms with Gasteiger partial charge in [-0.2, -0.15) is 5.10 Å². The quantitative estimate of drug-likeness (QED) is 0.495. The molecule has 0 radical (unpaired) electrons. The maximum absolute atomic E-state index is 11.5. The molecule has 0 unspecified atom stereocenters. The second-order valence-electron chi connectivity index (χ2n) is 6.69. The van der Waals surface area contributed by atoms with Crippen LogP contribution in [0.1, 0.15) is 27.9 Å². The number of benzene rings is 3. The third-order valence-corrected chi connectivity index (χ3v) is 5.05. The summed E-state index contributed by atoms with van der Waals surface area (Å²) in [5.74, 6) is -0.884. The fourth-order valence-corrected chi connectivity index (χ4v) is 3.93. The van der Waals surface area contributed by atoms with Gasteiger partial charge in [0, 0.05) is 5.56 Å². The van der Waals surface area contributed by atoms with E-state index in [0.29, 0.717) is 5.56 Å². The number of hydrogen-bond acceptors (Lipinski definition) is 2. The number of nitrogens with zero attached hydrogens (tertiary/aromatic N) is 1. The molecule has 0 aliphatic carbocycles. The van der Waals surface area contributed by atoms with Gasteiger partial charge in [-0.1, -0.05) is 91.0 Å². The molecule has 0 saturated carbocycles. The van der Waals surface area contributed by atoms with E-state index in [-0.39, 0.29) is 6.42 Å². The number of aliphatic carboxylic acids is 1. The van der Waals surface area contributed by atoms with Crippen LogP contribution in [0.5, 0.6) is 0 Å². The van der Waals surface area contributed by atoms with Gasteiger partial charge in [0.25, 0.3) is 0 Å². The lowest BCUT2D eigenvalue weighted by Crippen LogP contribution is -2.32. The molecule has 0 aliphatic rings. The van der Waals surface area contributed by atoms with Crippen LogP contribution in [-0.2, 0) is 16.6 Å². The Bertz CT molecular complexity index is 961. The first-order chi connectivity index (χ1) is 13.7. The SMILES string of the molecule is O=C(O)Cc1cn[nH]c1C(c1ccccc1)(c1ccccc1)c1ccccc1. The summed E-state index contributed by atoms with van der Waals surface area (Å²) in [6.07, 6.45) is 1.52. The minimum atomic E-state index is -0.884. The van der Waals surface area contributed by atoms with Gasteiger partial charge >= 0.3 is 5.97 Å². The second kappa shape index (κ2) is 7.53. The summed E-state index contributed by atoms with van der Waals surface area (Å²) in [7, 11) is 0. The monoisotopic (exact) mass is 368 g/mol. The number of carbonyl (C=O) groups is 1. The molecular weight excluding hydrogens is 348 g/mol. The minimum absolute atomic E-state index is 0.0971. The molecule has 138 valence electrons. The Morgan fingerprint density at radius 3 is 1.61 bits per heavy atom. The zero-order valence-electron chi connectivity index (χ0n) is 15.2. The van der Waals surface area contributed by atoms with Crippen molar-refractivity contribution < 1.29 is 9.90 Å². The van der Waals surface area contributed by atoms with Crippen LogP contribution in [0.4, 0.5) is 0 Å². The van der Waals surface area contributed by atoms with Gasteiger partial charge in [0.2, 0.25) is 0 Å². The Labute approximate surface area is 163 Å². The van der Waals surface area contributed by atoms with Crippen LogP contribution in [0.15, 0.2) is 97.2 Å². The Balaban J connectivity index is 2.11. The lowest BCUT2D eigenvalue weighted by molar-refractivity contribution is -0.136. The first kappa shape index (κ1) is 17.7. The molecule has 28 heavy (non-hydrogen) atoms. The number of carboxylic acid groups (broad SMARTS) is 1. The minimum Gasteiger partial charge on any atom is -0.481 e. The molecule has 0 aliphatic heterocycles. The van der Waals surface area contributed by atoms with Crippen LogP contribution in [0.3, 0.4) is 0 Å². The number of H-pyrrole nitrogens is 1. The summed E-state index contributed by atoms with van der Waals surface area (Å²) in [5, 5.41) is 16.8. The van der Waals surface area contributed by atoms with Crippen molar-refractivity contribution in [2.24, 2.45) is 0 Å². The molecule has 4 rings (SSSR count). The molecule has 4 nitrogen and oxygen atoms in total. The van der Waals surface area contributed by atoms with E-state index in [1.54, 1.807) is 6.20 Å². The van der Waals surface area contributed by atoms with Crippen molar-refractivity contribution in [3.8, 4) is 0 Å². The van der Waals surface area contributed by atoms with E-state index in [9.17, 15) is 9.90 Å². The van der Waals surface area contributed by atoms with Gasteiger partial charge < -0.3 is 5.11 Å². The average Bonchev–Trinajstić information content (AvgIpc) is 3.19. The lowest BCUT2D eigenvalue weighted by Gasteiger charge is -2.36. The highest BCUT2D eigenvalue weighted by Gasteiger charge is 2.41. The van der Waals surface area contributed by atoms with Gasteiger partial charge in [-0.05, 0) is 16.7 Å². The van der Waals surface area contributed by atoms with Gasteiger partial charge in [0.1, 0.15) is 0 Å². The van der Waals surface area contributed by atoms with E-state index in [0.717, 1.165) is 22.4 Å². The smallest absolute Gasteiger partial charge is 0.307 e. The zero-order valence-corrected chi connectivity index (χ0v) is 15.2. The largest absolute Gasteiger partial charge is 0.481 e. The fourth-order valence-electron chi connectivity index (χ4n) is 3.93. The molecule has 1 aromatic heterocycles. The molecule has 1 heterocycles. The van der Waals surface area contributed by atoms with Crippen LogP contribution in [-0.4, -0.2) is 21.3 Å². The van der Waals surface area contributed by atoms with Crippen molar-refractivity contribution in [3.63, 3.8) is 0 Å². The standard InChI is InChI=1S/C24H20N2O2/c27-22(28)16-18-17-25-26-23(18)24(19-10-4-1-5-11-19,20-12-6-2-7-13-20)21-14-8-3-9-15-21/h1-15,17H,16H2,(H,25,26)(H,27,28). The number of aromatic nitrogens is 2. The van der Waals surface area contributed by atoms with E-state index < -0.39 is 11.4 Å². The van der Waals surface area contributed by atoms with Crippen molar-refractivity contribution in [1.29, 1.82) is 0 Å². The number of carboxylic acids is 1. The molecule has 2 N–H and O–H groups in total. The van der Waals surface area contributed by atoms with Gasteiger partial charge in [-0.15, -0.1) is 0 Å². The lowest BCUT2D eigenvalue weighted by atomic mass is 9.66. The molecule has 0 fully saturated rings. The molecule has 0 amide bonds. The first-order valence-corrected chi connectivity index (χ1v) is 9.14. The van der Waals surface area contributed by atoms with Crippen LogP contribution < -0.4 is 0 Å². The van der Waals surface area contributed by atoms with Gasteiger partial charge in [-0.25, -0.2) is 0 Å². The highest BCUT2D eigenvalue weighted by atomic mass is 16.4. The summed E-state index contributed by atoms with van der Waals surface area (Å²) >= 11 is 0. The highest BCUT2D eigenvalue weighted by Crippen LogP contribution is 2.45. The average molecular weight is 368 g/mol. The summed E-state index contributed by atoms with van der Waals surface area (Å²) in [4.78, 5) is 11.5. The Morgan fingerprint density at radius 1 is 0.786 bits per heavy atom. The van der Waals surface area contributed by atoms with Gasteiger partial charge in [0.15, 0.2) is 0 Å². The molecule has 4 heteroatoms. The molecule has 0 saturated heterocycles. The molecule has 0 bridgehead atoms. The summed E-state index contributed by atoms with van der Waals surface area (Å²) in [5.41, 5.74) is 3.88. The molecular formula is C24H20N2O2. The van der Waals surface area contributed by atoms with E-state index in [4.69, 9.17) is 0 Å². The molecule has 4 aromatic rings. The van der Waals surface area contributed by atoms with Crippen LogP contribution in [0.2, 0.25) is 0 Å². The van der Waals surface area contributed by atoms with Gasteiger partial charge in [0.05, 0.1) is 23.7 Å². The Morgan fingerprint density at radius 2 is 1.21 bits per heavy atom. The van der Waals surface area contributed by atoms with E-state index in [2.05, 4.69) is 46.6 Å². The Kier molecular flexibility index (Phi) is 4.77. The molecule has 0 atom stereocenters. The van der Waals surface area contributed by atoms with Crippen LogP contribution in [0, 0.1) is 0 Å². The predicted molar refractivity (Wildman–Crippen MR) is 108 cm³/mol. The van der Waals surface area contributed by atoms with E-state index in [1.165, 1.54) is 0 Å². The maximum Gasteiger partial charge on any atom is 0.307 e. The van der Waals surface area contributed by atoms with Crippen molar-refractivity contribution in [3.05, 3.63) is 125 Å². The summed E-state index contributed by atoms with van der Waals surface area (Å²) < 4.78 is 0. The number of aromatic amines is 1. The first-order valence-electron chi connectivity index (χ1n) is 9.14. The normalized spacial score (nSPS) is 11.3. The third-order valence-electron chi connectivity index (χ3n) is 5.05. The van der Waals surface area contributed by atoms with E-state index >= 15 is 0 Å². The summed E-state index contributed by atoms with van der Waals surface area (Å²) in [6.45, 7) is 0. The zero-order chi connectivity index (χ0) is 19.4. The molecule has 3 aromatic carbocycles. The molecule has 0 spiro atoms. The highest BCUT2D eigenvalue weighted by molar-refractivity contribution is 5.72. The van der Waals surface area contributed by atoms with E-state index in [1.807, 2.05) is 54.6 Å². The van der Waals surface area contributed by atoms with Crippen molar-refractivity contribution in [1.82, 2.24) is 10.2 Å². The topological polar surface area (TPSA) is 66.0 Å². The third kappa shape index (κ3) is 2.99.